The summed E-state index contributed by atoms with van der Waals surface area (Å²) in [5.74, 6) is 1.20. The lowest BCUT2D eigenvalue weighted by Gasteiger charge is -2.37. The van der Waals surface area contributed by atoms with Crippen molar-refractivity contribution in [2.75, 3.05) is 32.8 Å². The van der Waals surface area contributed by atoms with Crippen molar-refractivity contribution in [1.29, 1.82) is 0 Å². The number of piperazine rings is 1. The van der Waals surface area contributed by atoms with E-state index in [1.54, 1.807) is 0 Å². The third-order valence-corrected chi connectivity index (χ3v) is 6.59. The Morgan fingerprint density at radius 3 is 2.58 bits per heavy atom. The van der Waals surface area contributed by atoms with Crippen molar-refractivity contribution in [2.45, 2.75) is 26.0 Å². The van der Waals surface area contributed by atoms with Crippen molar-refractivity contribution >= 4 is 28.5 Å². The van der Waals surface area contributed by atoms with Gasteiger partial charge in [0.15, 0.2) is 11.5 Å². The Morgan fingerprint density at radius 1 is 1.06 bits per heavy atom. The summed E-state index contributed by atoms with van der Waals surface area (Å²) in [4.78, 5) is 29.2. The van der Waals surface area contributed by atoms with Crippen LogP contribution >= 0.6 is 11.6 Å². The van der Waals surface area contributed by atoms with E-state index in [1.807, 2.05) is 48.2 Å². The van der Waals surface area contributed by atoms with Crippen LogP contribution in [0.1, 0.15) is 18.1 Å². The normalized spacial score (nSPS) is 18.5. The van der Waals surface area contributed by atoms with Gasteiger partial charge in [0.2, 0.25) is 6.10 Å². The molecule has 33 heavy (non-hydrogen) atoms. The maximum absolute atomic E-state index is 13.0. The summed E-state index contributed by atoms with van der Waals surface area (Å²) in [6.07, 6.45) is 0.129. The van der Waals surface area contributed by atoms with Crippen LogP contribution in [0, 0.1) is 0 Å². The Labute approximate surface area is 196 Å². The number of fused-ring (bicyclic) bond motifs is 2. The van der Waals surface area contributed by atoms with Crippen LogP contribution in [-0.4, -0.2) is 54.6 Å². The highest BCUT2D eigenvalue weighted by molar-refractivity contribution is 6.32. The molecular formula is C25H25ClN2O5. The first kappa shape index (κ1) is 21.8. The molecule has 5 rings (SSSR count). The summed E-state index contributed by atoms with van der Waals surface area (Å²) in [7, 11) is 0. The first-order valence-electron chi connectivity index (χ1n) is 11.2. The zero-order valence-corrected chi connectivity index (χ0v) is 19.1. The van der Waals surface area contributed by atoms with Crippen LogP contribution in [0.5, 0.6) is 11.5 Å². The van der Waals surface area contributed by atoms with E-state index >= 15 is 0 Å². The van der Waals surface area contributed by atoms with E-state index in [0.29, 0.717) is 54.8 Å². The first-order chi connectivity index (χ1) is 16.0. The van der Waals surface area contributed by atoms with E-state index in [9.17, 15) is 9.59 Å². The number of rotatable bonds is 4. The largest absolute Gasteiger partial charge is 0.485 e. The number of carbonyl (C=O) groups is 1. The molecule has 1 atom stereocenters. The van der Waals surface area contributed by atoms with Crippen LogP contribution in [-0.2, 0) is 17.8 Å². The fourth-order valence-electron chi connectivity index (χ4n) is 4.40. The van der Waals surface area contributed by atoms with Gasteiger partial charge in [-0.1, -0.05) is 30.7 Å². The van der Waals surface area contributed by atoms with Gasteiger partial charge < -0.3 is 18.8 Å². The summed E-state index contributed by atoms with van der Waals surface area (Å²) >= 11 is 6.42. The summed E-state index contributed by atoms with van der Waals surface area (Å²) in [5, 5.41) is 1.52. The molecule has 2 aromatic carbocycles. The van der Waals surface area contributed by atoms with Crippen LogP contribution in [0.3, 0.4) is 0 Å². The number of hydrogen-bond donors (Lipinski definition) is 0. The number of hydrogen-bond acceptors (Lipinski definition) is 6. The average molecular weight is 469 g/mol. The zero-order valence-electron chi connectivity index (χ0n) is 18.4. The number of nitrogens with zero attached hydrogens (tertiary/aromatic N) is 2. The number of amides is 1. The van der Waals surface area contributed by atoms with Gasteiger partial charge in [-0.25, -0.2) is 4.79 Å². The predicted octanol–water partition coefficient (Wildman–Crippen LogP) is 3.49. The van der Waals surface area contributed by atoms with E-state index < -0.39 is 6.10 Å². The fourth-order valence-corrected chi connectivity index (χ4v) is 4.70. The highest BCUT2D eigenvalue weighted by Crippen LogP contribution is 2.31. The third kappa shape index (κ3) is 4.43. The zero-order chi connectivity index (χ0) is 22.9. The van der Waals surface area contributed by atoms with Crippen LogP contribution in [0.2, 0.25) is 5.02 Å². The lowest BCUT2D eigenvalue weighted by Crippen LogP contribution is -2.53. The quantitative estimate of drug-likeness (QED) is 0.546. The van der Waals surface area contributed by atoms with E-state index in [4.69, 9.17) is 25.5 Å². The molecule has 1 saturated heterocycles. The summed E-state index contributed by atoms with van der Waals surface area (Å²) in [6, 6.07) is 12.6. The van der Waals surface area contributed by atoms with Gasteiger partial charge in [0.05, 0.1) is 0 Å². The van der Waals surface area contributed by atoms with Crippen LogP contribution in [0.4, 0.5) is 0 Å². The molecule has 0 unspecified atom stereocenters. The second-order valence-electron chi connectivity index (χ2n) is 8.35. The minimum Gasteiger partial charge on any atom is -0.485 e. The molecule has 1 aromatic heterocycles. The van der Waals surface area contributed by atoms with E-state index in [0.717, 1.165) is 22.9 Å². The molecule has 0 saturated carbocycles. The monoisotopic (exact) mass is 468 g/mol. The van der Waals surface area contributed by atoms with E-state index in [1.165, 1.54) is 6.07 Å². The highest BCUT2D eigenvalue weighted by Gasteiger charge is 2.32. The minimum absolute atomic E-state index is 0.0613. The number of carbonyl (C=O) groups excluding carboxylic acids is 1. The van der Waals surface area contributed by atoms with Gasteiger partial charge in [0.25, 0.3) is 5.91 Å². The molecule has 2 aliphatic rings. The molecule has 0 N–H and O–H groups in total. The van der Waals surface area contributed by atoms with Crippen molar-refractivity contribution in [3.8, 4) is 11.5 Å². The molecule has 1 amide bonds. The van der Waals surface area contributed by atoms with Crippen LogP contribution < -0.4 is 15.1 Å². The summed E-state index contributed by atoms with van der Waals surface area (Å²) in [6.45, 7) is 5.36. The van der Waals surface area contributed by atoms with Crippen molar-refractivity contribution in [3.63, 3.8) is 0 Å². The third-order valence-electron chi connectivity index (χ3n) is 6.24. The molecule has 0 aliphatic carbocycles. The predicted molar refractivity (Wildman–Crippen MR) is 125 cm³/mol. The maximum atomic E-state index is 13.0. The fraction of sp³-hybridized carbons (Fsp3) is 0.360. The van der Waals surface area contributed by atoms with E-state index in [-0.39, 0.29) is 18.1 Å². The molecule has 3 heterocycles. The van der Waals surface area contributed by atoms with Crippen LogP contribution in [0.15, 0.2) is 51.7 Å². The van der Waals surface area contributed by atoms with Gasteiger partial charge in [-0.05, 0) is 41.8 Å². The minimum atomic E-state index is -0.635. The summed E-state index contributed by atoms with van der Waals surface area (Å²) < 4.78 is 17.0. The topological polar surface area (TPSA) is 72.2 Å². The molecule has 0 radical (unpaired) electrons. The van der Waals surface area contributed by atoms with Crippen molar-refractivity contribution in [1.82, 2.24) is 9.80 Å². The molecule has 2 aliphatic heterocycles. The van der Waals surface area contributed by atoms with Gasteiger partial charge in [0, 0.05) is 49.2 Å². The number of para-hydroxylation sites is 2. The van der Waals surface area contributed by atoms with E-state index in [2.05, 4.69) is 4.90 Å². The molecule has 0 spiro atoms. The Morgan fingerprint density at radius 2 is 1.82 bits per heavy atom. The van der Waals surface area contributed by atoms with Gasteiger partial charge in [-0.15, -0.1) is 0 Å². The molecular weight excluding hydrogens is 444 g/mol. The lowest BCUT2D eigenvalue weighted by molar-refractivity contribution is -0.143. The number of halogens is 1. The Kier molecular flexibility index (Phi) is 6.00. The highest BCUT2D eigenvalue weighted by atomic mass is 35.5. The first-order valence-corrected chi connectivity index (χ1v) is 11.5. The van der Waals surface area contributed by atoms with Crippen LogP contribution in [0.25, 0.3) is 11.0 Å². The Bertz CT molecular complexity index is 1250. The summed E-state index contributed by atoms with van der Waals surface area (Å²) in [5.41, 5.74) is 2.02. The van der Waals surface area contributed by atoms with Gasteiger partial charge in [-0.3, -0.25) is 9.69 Å². The number of aryl methyl sites for hydroxylation is 1. The van der Waals surface area contributed by atoms with Gasteiger partial charge >= 0.3 is 5.63 Å². The molecule has 172 valence electrons. The number of benzene rings is 2. The van der Waals surface area contributed by atoms with Gasteiger partial charge in [-0.2, -0.15) is 0 Å². The van der Waals surface area contributed by atoms with Crippen molar-refractivity contribution in [2.24, 2.45) is 0 Å². The Hall–Kier alpha value is -3.03. The molecule has 8 heteroatoms. The average Bonchev–Trinajstić information content (AvgIpc) is 2.84. The van der Waals surface area contributed by atoms with Crippen molar-refractivity contribution < 1.29 is 18.7 Å². The SMILES string of the molecule is CCc1cc2oc(=O)cc(CN3CCN(C(=O)[C@@H]4COc5ccccc5O4)CC3)c2cc1Cl. The lowest BCUT2D eigenvalue weighted by atomic mass is 10.1. The molecule has 3 aromatic rings. The smallest absolute Gasteiger partial charge is 0.336 e. The maximum Gasteiger partial charge on any atom is 0.336 e. The second kappa shape index (κ2) is 9.08. The Balaban J connectivity index is 1.25. The second-order valence-corrected chi connectivity index (χ2v) is 8.76. The standard InChI is InChI=1S/C25H25ClN2O5/c1-2-16-11-22-18(13-19(16)26)17(12-24(29)33-22)14-27-7-9-28(10-8-27)25(30)23-15-31-20-5-3-4-6-21(20)32-23/h3-6,11-13,23H,2,7-10,14-15H2,1H3/t23-/m0/s1. The van der Waals surface area contributed by atoms with Crippen molar-refractivity contribution in [3.05, 3.63) is 69.0 Å². The molecule has 7 nitrogen and oxygen atoms in total. The van der Waals surface area contributed by atoms with Gasteiger partial charge in [0.1, 0.15) is 12.2 Å². The number of ether oxygens (including phenoxy) is 2. The molecule has 0 bridgehead atoms. The molecule has 1 fully saturated rings.